The Morgan fingerprint density at radius 3 is 2.65 bits per heavy atom. The molecule has 0 unspecified atom stereocenters. The summed E-state index contributed by atoms with van der Waals surface area (Å²) in [6, 6.07) is 10.5. The minimum Gasteiger partial charge on any atom is -0.653 e. The van der Waals surface area contributed by atoms with Crippen LogP contribution in [0.3, 0.4) is 0 Å². The summed E-state index contributed by atoms with van der Waals surface area (Å²) in [7, 11) is -1.58. The summed E-state index contributed by atoms with van der Waals surface area (Å²) in [5.74, 6) is 0.908. The Morgan fingerprint density at radius 2 is 1.88 bits per heavy atom. The lowest BCUT2D eigenvalue weighted by molar-refractivity contribution is 0.619. The Balaban J connectivity index is 2.41. The first-order valence-corrected chi connectivity index (χ1v) is 9.09. The Labute approximate surface area is 110 Å². The molecule has 0 saturated heterocycles. The fraction of sp³-hybridized carbons (Fsp3) is 0.154. The average molecular weight is 253 g/mol. The predicted octanol–water partition coefficient (Wildman–Crippen LogP) is 1.35. The first kappa shape index (κ1) is 11.0. The largest absolute Gasteiger partial charge is 0.653 e. The van der Waals surface area contributed by atoms with Crippen molar-refractivity contribution in [1.82, 2.24) is 4.98 Å². The number of hydrogen-bond acceptors (Lipinski definition) is 2. The Hall–Kier alpha value is -1.08. The van der Waals surface area contributed by atoms with Gasteiger partial charge in [0, 0.05) is 11.8 Å². The molecule has 0 bridgehead atoms. The molecule has 1 aliphatic heterocycles. The van der Waals surface area contributed by atoms with Crippen LogP contribution in [-0.4, -0.2) is 29.7 Å². The molecule has 0 N–H and O–H groups in total. The lowest BCUT2D eigenvalue weighted by Crippen LogP contribution is -2.49. The zero-order valence-corrected chi connectivity index (χ0v) is 12.1. The molecule has 0 saturated carbocycles. The fourth-order valence-corrected chi connectivity index (χ4v) is 5.81. The topological polar surface area (TPSA) is 22.1 Å². The molecular formula is C13H12AlNOSi. The number of aromatic nitrogens is 1. The Bertz CT molecular complexity index is 598. The molecule has 0 fully saturated rings. The van der Waals surface area contributed by atoms with E-state index in [2.05, 4.69) is 52.9 Å². The normalized spacial score (nSPS) is 15.2. The van der Waals surface area contributed by atoms with Gasteiger partial charge in [0.05, 0.1) is 11.4 Å². The van der Waals surface area contributed by atoms with Crippen molar-refractivity contribution in [3.05, 3.63) is 36.5 Å². The minimum atomic E-state index is -1.58. The van der Waals surface area contributed by atoms with Crippen molar-refractivity contribution in [1.29, 1.82) is 0 Å². The zero-order chi connectivity index (χ0) is 12.0. The van der Waals surface area contributed by atoms with Gasteiger partial charge in [-0.1, -0.05) is 31.3 Å². The van der Waals surface area contributed by atoms with Crippen LogP contribution in [0.15, 0.2) is 36.5 Å². The lowest BCUT2D eigenvalue weighted by Gasteiger charge is -2.18. The summed E-state index contributed by atoms with van der Waals surface area (Å²) in [4.78, 5) is 4.55. The summed E-state index contributed by atoms with van der Waals surface area (Å²) in [5, 5.41) is 2.83. The SMILES string of the molecule is C[Si]1(C)c2cccnc2-c2c([O][Al])cccc21. The summed E-state index contributed by atoms with van der Waals surface area (Å²) in [6.45, 7) is 4.73. The van der Waals surface area contributed by atoms with Crippen molar-refractivity contribution in [3.63, 3.8) is 0 Å². The van der Waals surface area contributed by atoms with E-state index in [1.165, 1.54) is 15.9 Å². The van der Waals surface area contributed by atoms with Crippen molar-refractivity contribution in [2.45, 2.75) is 13.1 Å². The van der Waals surface area contributed by atoms with Gasteiger partial charge in [-0.2, -0.15) is 0 Å². The predicted molar refractivity (Wildman–Crippen MR) is 72.8 cm³/mol. The maximum atomic E-state index is 5.41. The Morgan fingerprint density at radius 1 is 1.12 bits per heavy atom. The highest BCUT2D eigenvalue weighted by atomic mass is 28.3. The van der Waals surface area contributed by atoms with E-state index >= 15 is 0 Å². The molecule has 1 aliphatic rings. The van der Waals surface area contributed by atoms with Gasteiger partial charge in [-0.05, 0) is 22.5 Å². The summed E-state index contributed by atoms with van der Waals surface area (Å²) >= 11 is 2.33. The van der Waals surface area contributed by atoms with Crippen LogP contribution >= 0.6 is 0 Å². The standard InChI is InChI=1S/C13H13NOSi.Al/c1-16(2)10-6-3-5-9(15)12(10)13-11(16)7-4-8-14-13;/h3-8,15H,1-2H3;/q;+1/p-1. The van der Waals surface area contributed by atoms with E-state index in [1.807, 2.05) is 18.3 Å². The van der Waals surface area contributed by atoms with Gasteiger partial charge in [0.25, 0.3) is 0 Å². The van der Waals surface area contributed by atoms with Gasteiger partial charge in [-0.3, -0.25) is 4.98 Å². The van der Waals surface area contributed by atoms with Gasteiger partial charge in [0.15, 0.2) is 0 Å². The minimum absolute atomic E-state index is 0.908. The van der Waals surface area contributed by atoms with E-state index in [4.69, 9.17) is 3.79 Å². The number of pyridine rings is 1. The molecule has 2 nitrogen and oxygen atoms in total. The van der Waals surface area contributed by atoms with Gasteiger partial charge >= 0.3 is 16.6 Å². The van der Waals surface area contributed by atoms with Crippen LogP contribution in [-0.2, 0) is 0 Å². The highest BCUT2D eigenvalue weighted by molar-refractivity contribution is 7.03. The van der Waals surface area contributed by atoms with Gasteiger partial charge in [-0.25, -0.2) is 0 Å². The first-order valence-electron chi connectivity index (χ1n) is 5.62. The van der Waals surface area contributed by atoms with E-state index in [-0.39, 0.29) is 0 Å². The third-order valence-corrected chi connectivity index (χ3v) is 7.31. The Kier molecular flexibility index (Phi) is 2.41. The molecule has 17 heavy (non-hydrogen) atoms. The van der Waals surface area contributed by atoms with Crippen LogP contribution < -0.4 is 14.2 Å². The van der Waals surface area contributed by atoms with Crippen molar-refractivity contribution in [2.24, 2.45) is 0 Å². The fourth-order valence-electron chi connectivity index (χ4n) is 2.65. The molecule has 82 valence electrons. The van der Waals surface area contributed by atoms with Crippen molar-refractivity contribution >= 4 is 35.1 Å². The molecule has 3 rings (SSSR count). The third kappa shape index (κ3) is 1.42. The molecule has 0 atom stereocenters. The zero-order valence-electron chi connectivity index (χ0n) is 9.90. The molecule has 4 heteroatoms. The quantitative estimate of drug-likeness (QED) is 0.716. The number of nitrogens with zero attached hydrogens (tertiary/aromatic N) is 1. The number of hydrogen-bond donors (Lipinski definition) is 0. The molecule has 1 aromatic heterocycles. The maximum Gasteiger partial charge on any atom is 0.482 e. The van der Waals surface area contributed by atoms with E-state index in [9.17, 15) is 0 Å². The molecule has 2 radical (unpaired) electrons. The molecular weight excluding hydrogens is 241 g/mol. The van der Waals surface area contributed by atoms with Gasteiger partial charge in [0.1, 0.15) is 8.07 Å². The van der Waals surface area contributed by atoms with Gasteiger partial charge in [-0.15, -0.1) is 0 Å². The second-order valence-corrected chi connectivity index (χ2v) is 9.38. The maximum absolute atomic E-state index is 5.41. The molecule has 2 heterocycles. The van der Waals surface area contributed by atoms with Crippen LogP contribution in [0.1, 0.15) is 0 Å². The van der Waals surface area contributed by atoms with Gasteiger partial charge < -0.3 is 3.79 Å². The lowest BCUT2D eigenvalue weighted by atomic mass is 10.1. The van der Waals surface area contributed by atoms with Crippen LogP contribution in [0, 0.1) is 0 Å². The van der Waals surface area contributed by atoms with Crippen molar-refractivity contribution in [2.75, 3.05) is 0 Å². The highest BCUT2D eigenvalue weighted by Gasteiger charge is 2.39. The van der Waals surface area contributed by atoms with Crippen LogP contribution in [0.4, 0.5) is 0 Å². The summed E-state index contributed by atoms with van der Waals surface area (Å²) < 4.78 is 5.41. The monoisotopic (exact) mass is 253 g/mol. The van der Waals surface area contributed by atoms with Crippen LogP contribution in [0.25, 0.3) is 11.3 Å². The van der Waals surface area contributed by atoms with Crippen molar-refractivity contribution < 1.29 is 3.79 Å². The molecule has 0 spiro atoms. The third-order valence-electron chi connectivity index (χ3n) is 3.54. The number of fused-ring (bicyclic) bond motifs is 3. The number of benzene rings is 1. The highest BCUT2D eigenvalue weighted by Crippen LogP contribution is 2.33. The number of rotatable bonds is 1. The molecule has 0 amide bonds. The van der Waals surface area contributed by atoms with Crippen LogP contribution in [0.2, 0.25) is 13.1 Å². The summed E-state index contributed by atoms with van der Waals surface area (Å²) in [6.07, 6.45) is 1.86. The van der Waals surface area contributed by atoms with Crippen LogP contribution in [0.5, 0.6) is 5.75 Å². The van der Waals surface area contributed by atoms with Crippen molar-refractivity contribution in [3.8, 4) is 17.0 Å². The first-order chi connectivity index (χ1) is 8.16. The average Bonchev–Trinajstić information content (AvgIpc) is 2.60. The summed E-state index contributed by atoms with van der Waals surface area (Å²) in [5.41, 5.74) is 2.30. The second kappa shape index (κ2) is 3.71. The smallest absolute Gasteiger partial charge is 0.482 e. The van der Waals surface area contributed by atoms with Gasteiger partial charge in [0.2, 0.25) is 0 Å². The van der Waals surface area contributed by atoms with E-state index in [0.717, 1.165) is 11.4 Å². The van der Waals surface area contributed by atoms with E-state index in [1.54, 1.807) is 0 Å². The molecule has 1 aromatic carbocycles. The second-order valence-electron chi connectivity index (χ2n) is 4.82. The molecule has 0 aliphatic carbocycles. The van der Waals surface area contributed by atoms with E-state index in [0.29, 0.717) is 0 Å². The molecule has 2 aromatic rings. The van der Waals surface area contributed by atoms with E-state index < -0.39 is 8.07 Å².